The average Bonchev–Trinajstić information content (AvgIpc) is 1.94. The minimum atomic E-state index is -0.126. The minimum Gasteiger partial charge on any atom is -0.287 e. The van der Waals surface area contributed by atoms with E-state index in [0.717, 1.165) is 16.1 Å². The van der Waals surface area contributed by atoms with E-state index >= 15 is 0 Å². The Morgan fingerprint density at radius 1 is 1.90 bits per heavy atom. The van der Waals surface area contributed by atoms with Crippen LogP contribution in [-0.2, 0) is 0 Å². The van der Waals surface area contributed by atoms with Gasteiger partial charge < -0.3 is 0 Å². The molecule has 0 aliphatic carbocycles. The lowest BCUT2D eigenvalue weighted by Gasteiger charge is -2.22. The SMILES string of the molecule is CCC1N=C(Br)C=CN1O. The van der Waals surface area contributed by atoms with Gasteiger partial charge >= 0.3 is 0 Å². The first-order chi connectivity index (χ1) is 4.74. The van der Waals surface area contributed by atoms with Gasteiger partial charge in [0.1, 0.15) is 10.8 Å². The van der Waals surface area contributed by atoms with Crippen molar-refractivity contribution in [3.8, 4) is 0 Å². The zero-order valence-electron chi connectivity index (χ0n) is 5.66. The highest BCUT2D eigenvalue weighted by Crippen LogP contribution is 2.11. The van der Waals surface area contributed by atoms with Crippen molar-refractivity contribution in [2.24, 2.45) is 4.99 Å². The van der Waals surface area contributed by atoms with Crippen LogP contribution < -0.4 is 0 Å². The fourth-order valence-corrected chi connectivity index (χ4v) is 1.11. The summed E-state index contributed by atoms with van der Waals surface area (Å²) in [5.74, 6) is 0. The third kappa shape index (κ3) is 1.58. The van der Waals surface area contributed by atoms with Gasteiger partial charge in [-0.15, -0.1) is 0 Å². The Bertz CT molecular complexity index is 179. The maximum Gasteiger partial charge on any atom is 0.146 e. The van der Waals surface area contributed by atoms with E-state index in [9.17, 15) is 0 Å². The van der Waals surface area contributed by atoms with Gasteiger partial charge in [-0.25, -0.2) is 5.06 Å². The molecule has 0 radical (unpaired) electrons. The topological polar surface area (TPSA) is 35.8 Å². The van der Waals surface area contributed by atoms with Crippen LogP contribution in [0.15, 0.2) is 17.3 Å². The molecule has 1 aliphatic rings. The van der Waals surface area contributed by atoms with Crippen LogP contribution in [0.5, 0.6) is 0 Å². The zero-order valence-corrected chi connectivity index (χ0v) is 7.24. The zero-order chi connectivity index (χ0) is 7.56. The first-order valence-electron chi connectivity index (χ1n) is 3.12. The molecule has 1 N–H and O–H groups in total. The number of hydroxylamine groups is 2. The van der Waals surface area contributed by atoms with Gasteiger partial charge in [0.05, 0.1) is 0 Å². The Morgan fingerprint density at radius 2 is 2.60 bits per heavy atom. The highest BCUT2D eigenvalue weighted by atomic mass is 79.9. The van der Waals surface area contributed by atoms with Crippen LogP contribution in [0.25, 0.3) is 0 Å². The number of hydrogen-bond donors (Lipinski definition) is 1. The fraction of sp³-hybridized carbons (Fsp3) is 0.500. The van der Waals surface area contributed by atoms with Gasteiger partial charge in [-0.05, 0) is 28.4 Å². The smallest absolute Gasteiger partial charge is 0.146 e. The van der Waals surface area contributed by atoms with E-state index in [2.05, 4.69) is 20.9 Å². The molecule has 0 fully saturated rings. The summed E-state index contributed by atoms with van der Waals surface area (Å²) in [7, 11) is 0. The number of aliphatic imine (C=N–C) groups is 1. The van der Waals surface area contributed by atoms with Crippen LogP contribution in [0.4, 0.5) is 0 Å². The Labute approximate surface area is 68.1 Å². The molecule has 0 aromatic heterocycles. The lowest BCUT2D eigenvalue weighted by molar-refractivity contribution is -0.0782. The molecule has 3 nitrogen and oxygen atoms in total. The van der Waals surface area contributed by atoms with Gasteiger partial charge in [-0.3, -0.25) is 10.2 Å². The van der Waals surface area contributed by atoms with Crippen LogP contribution in [0.2, 0.25) is 0 Å². The monoisotopic (exact) mass is 204 g/mol. The van der Waals surface area contributed by atoms with Gasteiger partial charge in [-0.2, -0.15) is 0 Å². The second-order valence-corrected chi connectivity index (χ2v) is 2.85. The molecule has 0 spiro atoms. The van der Waals surface area contributed by atoms with Crippen molar-refractivity contribution in [1.29, 1.82) is 0 Å². The maximum atomic E-state index is 9.11. The largest absolute Gasteiger partial charge is 0.287 e. The number of nitrogens with zero attached hydrogens (tertiary/aromatic N) is 2. The van der Waals surface area contributed by atoms with E-state index in [1.165, 1.54) is 0 Å². The van der Waals surface area contributed by atoms with Crippen molar-refractivity contribution >= 4 is 20.6 Å². The molecule has 1 atom stereocenters. The van der Waals surface area contributed by atoms with Gasteiger partial charge in [0, 0.05) is 6.20 Å². The average molecular weight is 205 g/mol. The molecule has 0 aromatic carbocycles. The molecule has 4 heteroatoms. The lowest BCUT2D eigenvalue weighted by atomic mass is 10.3. The van der Waals surface area contributed by atoms with Crippen LogP contribution in [0, 0.1) is 0 Å². The Morgan fingerprint density at radius 3 is 3.10 bits per heavy atom. The van der Waals surface area contributed by atoms with Crippen LogP contribution >= 0.6 is 15.9 Å². The van der Waals surface area contributed by atoms with Crippen LogP contribution in [0.3, 0.4) is 0 Å². The minimum absolute atomic E-state index is 0.126. The van der Waals surface area contributed by atoms with Crippen molar-refractivity contribution in [3.63, 3.8) is 0 Å². The maximum absolute atomic E-state index is 9.11. The normalized spacial score (nSPS) is 24.9. The van der Waals surface area contributed by atoms with Crippen LogP contribution in [-0.4, -0.2) is 21.1 Å². The van der Waals surface area contributed by atoms with Gasteiger partial charge in [0.15, 0.2) is 0 Å². The highest BCUT2D eigenvalue weighted by Gasteiger charge is 2.12. The quantitative estimate of drug-likeness (QED) is 0.707. The Kier molecular flexibility index (Phi) is 2.45. The third-order valence-corrected chi connectivity index (χ3v) is 1.78. The summed E-state index contributed by atoms with van der Waals surface area (Å²) in [5.41, 5.74) is 0. The Hall–Kier alpha value is -0.350. The van der Waals surface area contributed by atoms with Crippen molar-refractivity contribution in [2.45, 2.75) is 19.5 Å². The third-order valence-electron chi connectivity index (χ3n) is 1.31. The van der Waals surface area contributed by atoms with Gasteiger partial charge in [0.2, 0.25) is 0 Å². The number of halogens is 1. The van der Waals surface area contributed by atoms with E-state index in [4.69, 9.17) is 5.21 Å². The summed E-state index contributed by atoms with van der Waals surface area (Å²) in [6, 6.07) is 0. The predicted molar refractivity (Wildman–Crippen MR) is 43.2 cm³/mol. The van der Waals surface area contributed by atoms with E-state index in [0.29, 0.717) is 0 Å². The van der Waals surface area contributed by atoms with E-state index in [1.54, 1.807) is 12.3 Å². The fourth-order valence-electron chi connectivity index (χ4n) is 0.760. The van der Waals surface area contributed by atoms with E-state index in [1.807, 2.05) is 6.92 Å². The van der Waals surface area contributed by atoms with Gasteiger partial charge in [-0.1, -0.05) is 6.92 Å². The highest BCUT2D eigenvalue weighted by molar-refractivity contribution is 9.18. The molecule has 0 aromatic rings. The van der Waals surface area contributed by atoms with E-state index < -0.39 is 0 Å². The van der Waals surface area contributed by atoms with Crippen molar-refractivity contribution in [3.05, 3.63) is 12.3 Å². The molecular formula is C6H9BrN2O. The molecule has 0 saturated heterocycles. The van der Waals surface area contributed by atoms with Crippen molar-refractivity contribution in [1.82, 2.24) is 5.06 Å². The molecule has 0 bridgehead atoms. The molecule has 0 saturated carbocycles. The van der Waals surface area contributed by atoms with Gasteiger partial charge in [0.25, 0.3) is 0 Å². The first kappa shape index (κ1) is 7.75. The molecule has 1 unspecified atom stereocenters. The molecule has 0 amide bonds. The summed E-state index contributed by atoms with van der Waals surface area (Å²) < 4.78 is 0.782. The molecular weight excluding hydrogens is 196 g/mol. The van der Waals surface area contributed by atoms with E-state index in [-0.39, 0.29) is 6.17 Å². The standard InChI is InChI=1S/C6H9BrN2O/c1-2-6-8-5(7)3-4-9(6)10/h3-4,6,10H,2H2,1H3. The lowest BCUT2D eigenvalue weighted by Crippen LogP contribution is -2.28. The predicted octanol–water partition coefficient (Wildman–Crippen LogP) is 1.73. The molecule has 1 rings (SSSR count). The summed E-state index contributed by atoms with van der Waals surface area (Å²) in [6.45, 7) is 1.97. The summed E-state index contributed by atoms with van der Waals surface area (Å²) >= 11 is 3.22. The number of hydrogen-bond acceptors (Lipinski definition) is 3. The second-order valence-electron chi connectivity index (χ2n) is 2.04. The molecule has 10 heavy (non-hydrogen) atoms. The molecule has 1 heterocycles. The summed E-state index contributed by atoms with van der Waals surface area (Å²) in [6.07, 6.45) is 3.97. The Balaban J connectivity index is 2.67. The summed E-state index contributed by atoms with van der Waals surface area (Å²) in [5, 5.41) is 10.2. The second kappa shape index (κ2) is 3.16. The van der Waals surface area contributed by atoms with Crippen molar-refractivity contribution < 1.29 is 5.21 Å². The number of allylic oxidation sites excluding steroid dienone is 1. The molecule has 1 aliphatic heterocycles. The number of rotatable bonds is 1. The molecule has 56 valence electrons. The summed E-state index contributed by atoms with van der Waals surface area (Å²) in [4.78, 5) is 4.10. The van der Waals surface area contributed by atoms with Crippen LogP contribution in [0.1, 0.15) is 13.3 Å². The first-order valence-corrected chi connectivity index (χ1v) is 3.92. The van der Waals surface area contributed by atoms with Crippen molar-refractivity contribution in [2.75, 3.05) is 0 Å².